The summed E-state index contributed by atoms with van der Waals surface area (Å²) in [6.45, 7) is 4.52. The van der Waals surface area contributed by atoms with Crippen molar-refractivity contribution in [3.05, 3.63) is 34.9 Å². The summed E-state index contributed by atoms with van der Waals surface area (Å²) in [4.78, 5) is 0. The summed E-state index contributed by atoms with van der Waals surface area (Å²) in [5.74, 6) is 1.20. The molecule has 0 aliphatic carbocycles. The standard InChI is InChI=1S/C12H16ClNS/c1-8-7-15-9(2)12(14-8)10-3-5-11(13)6-4-10/h3-6,8-9,12,14H,7H2,1-2H3. The molecule has 82 valence electrons. The van der Waals surface area contributed by atoms with Crippen molar-refractivity contribution in [3.63, 3.8) is 0 Å². The van der Waals surface area contributed by atoms with Gasteiger partial charge in [-0.05, 0) is 24.6 Å². The molecule has 15 heavy (non-hydrogen) atoms. The average molecular weight is 242 g/mol. The number of nitrogens with one attached hydrogen (secondary N) is 1. The van der Waals surface area contributed by atoms with Crippen molar-refractivity contribution in [2.24, 2.45) is 0 Å². The van der Waals surface area contributed by atoms with Gasteiger partial charge < -0.3 is 5.32 Å². The summed E-state index contributed by atoms with van der Waals surface area (Å²) >= 11 is 7.93. The number of benzene rings is 1. The van der Waals surface area contributed by atoms with E-state index in [1.807, 2.05) is 23.9 Å². The lowest BCUT2D eigenvalue weighted by atomic mass is 10.0. The molecule has 1 fully saturated rings. The molecule has 1 aromatic carbocycles. The zero-order valence-electron chi connectivity index (χ0n) is 9.03. The molecule has 1 heterocycles. The van der Waals surface area contributed by atoms with Crippen LogP contribution in [0.1, 0.15) is 25.5 Å². The predicted octanol–water partition coefficient (Wildman–Crippen LogP) is 3.49. The van der Waals surface area contributed by atoms with E-state index in [1.54, 1.807) is 0 Å². The molecule has 3 atom stereocenters. The van der Waals surface area contributed by atoms with Crippen LogP contribution >= 0.6 is 23.4 Å². The Labute approximate surface area is 101 Å². The smallest absolute Gasteiger partial charge is 0.0440 e. The fraction of sp³-hybridized carbons (Fsp3) is 0.500. The van der Waals surface area contributed by atoms with Gasteiger partial charge in [0.2, 0.25) is 0 Å². The molecule has 0 aromatic heterocycles. The highest BCUT2D eigenvalue weighted by atomic mass is 35.5. The van der Waals surface area contributed by atoms with Crippen molar-refractivity contribution in [3.8, 4) is 0 Å². The second kappa shape index (κ2) is 4.77. The van der Waals surface area contributed by atoms with Crippen molar-refractivity contribution >= 4 is 23.4 Å². The van der Waals surface area contributed by atoms with Gasteiger partial charge in [-0.1, -0.05) is 30.7 Å². The zero-order valence-corrected chi connectivity index (χ0v) is 10.6. The topological polar surface area (TPSA) is 12.0 Å². The Bertz CT molecular complexity index is 325. The Morgan fingerprint density at radius 2 is 1.93 bits per heavy atom. The van der Waals surface area contributed by atoms with Crippen molar-refractivity contribution in [1.29, 1.82) is 0 Å². The maximum atomic E-state index is 5.89. The number of thioether (sulfide) groups is 1. The fourth-order valence-electron chi connectivity index (χ4n) is 1.92. The molecule has 2 rings (SSSR count). The maximum absolute atomic E-state index is 5.89. The van der Waals surface area contributed by atoms with E-state index in [2.05, 4.69) is 31.3 Å². The first-order valence-electron chi connectivity index (χ1n) is 5.30. The minimum absolute atomic E-state index is 0.455. The highest BCUT2D eigenvalue weighted by Gasteiger charge is 2.26. The summed E-state index contributed by atoms with van der Waals surface area (Å²) in [7, 11) is 0. The molecule has 1 aliphatic heterocycles. The van der Waals surface area contributed by atoms with Gasteiger partial charge in [0.05, 0.1) is 0 Å². The third kappa shape index (κ3) is 2.68. The molecule has 3 heteroatoms. The van der Waals surface area contributed by atoms with Crippen LogP contribution in [-0.4, -0.2) is 17.0 Å². The molecule has 0 bridgehead atoms. The molecule has 3 unspecified atom stereocenters. The van der Waals surface area contributed by atoms with Gasteiger partial charge in [-0.2, -0.15) is 11.8 Å². The molecule has 0 radical (unpaired) electrons. The summed E-state index contributed by atoms with van der Waals surface area (Å²) in [5.41, 5.74) is 1.34. The van der Waals surface area contributed by atoms with Gasteiger partial charge >= 0.3 is 0 Å². The van der Waals surface area contributed by atoms with Crippen LogP contribution < -0.4 is 5.32 Å². The monoisotopic (exact) mass is 241 g/mol. The van der Waals surface area contributed by atoms with Crippen molar-refractivity contribution in [2.45, 2.75) is 31.2 Å². The van der Waals surface area contributed by atoms with E-state index in [0.29, 0.717) is 17.3 Å². The highest BCUT2D eigenvalue weighted by molar-refractivity contribution is 8.00. The molecule has 0 saturated carbocycles. The number of hydrogen-bond acceptors (Lipinski definition) is 2. The van der Waals surface area contributed by atoms with E-state index in [4.69, 9.17) is 11.6 Å². The van der Waals surface area contributed by atoms with E-state index in [0.717, 1.165) is 5.02 Å². The van der Waals surface area contributed by atoms with Crippen LogP contribution in [0.15, 0.2) is 24.3 Å². The van der Waals surface area contributed by atoms with Crippen LogP contribution in [0.4, 0.5) is 0 Å². The molecular formula is C12H16ClNS. The predicted molar refractivity (Wildman–Crippen MR) is 68.7 cm³/mol. The molecule has 1 nitrogen and oxygen atoms in total. The lowest BCUT2D eigenvalue weighted by molar-refractivity contribution is 0.461. The molecule has 1 aliphatic rings. The van der Waals surface area contributed by atoms with E-state index in [9.17, 15) is 0 Å². The SMILES string of the molecule is CC1CSC(C)C(c2ccc(Cl)cc2)N1. The van der Waals surface area contributed by atoms with Crippen LogP contribution in [0, 0.1) is 0 Å². The van der Waals surface area contributed by atoms with E-state index in [-0.39, 0.29) is 0 Å². The minimum Gasteiger partial charge on any atom is -0.306 e. The van der Waals surface area contributed by atoms with Gasteiger partial charge in [0.1, 0.15) is 0 Å². The van der Waals surface area contributed by atoms with Gasteiger partial charge in [-0.3, -0.25) is 0 Å². The lowest BCUT2D eigenvalue weighted by Gasteiger charge is -2.34. The normalized spacial score (nSPS) is 31.5. The second-order valence-electron chi connectivity index (χ2n) is 4.14. The van der Waals surface area contributed by atoms with Crippen molar-refractivity contribution in [2.75, 3.05) is 5.75 Å². The Morgan fingerprint density at radius 3 is 2.60 bits per heavy atom. The van der Waals surface area contributed by atoms with Gasteiger partial charge in [0, 0.05) is 28.1 Å². The van der Waals surface area contributed by atoms with Gasteiger partial charge in [-0.15, -0.1) is 0 Å². The first-order chi connectivity index (χ1) is 7.16. The van der Waals surface area contributed by atoms with Crippen LogP contribution in [0.5, 0.6) is 0 Å². The average Bonchev–Trinajstić information content (AvgIpc) is 2.23. The summed E-state index contributed by atoms with van der Waals surface area (Å²) in [5, 5.41) is 5.07. The largest absolute Gasteiger partial charge is 0.306 e. The molecule has 0 amide bonds. The van der Waals surface area contributed by atoms with Crippen LogP contribution in [0.25, 0.3) is 0 Å². The molecule has 1 N–H and O–H groups in total. The summed E-state index contributed by atoms with van der Waals surface area (Å²) in [6.07, 6.45) is 0. The highest BCUT2D eigenvalue weighted by Crippen LogP contribution is 2.31. The first-order valence-corrected chi connectivity index (χ1v) is 6.72. The number of halogens is 1. The molecule has 1 aromatic rings. The Hall–Kier alpha value is -0.180. The fourth-order valence-corrected chi connectivity index (χ4v) is 3.16. The molecule has 0 spiro atoms. The lowest BCUT2D eigenvalue weighted by Crippen LogP contribution is -2.41. The Kier molecular flexibility index (Phi) is 3.60. The Balaban J connectivity index is 2.17. The van der Waals surface area contributed by atoms with Crippen LogP contribution in [0.3, 0.4) is 0 Å². The van der Waals surface area contributed by atoms with E-state index >= 15 is 0 Å². The summed E-state index contributed by atoms with van der Waals surface area (Å²) < 4.78 is 0. The third-order valence-corrected chi connectivity index (χ3v) is 4.51. The second-order valence-corrected chi connectivity index (χ2v) is 5.98. The first kappa shape index (κ1) is 11.3. The maximum Gasteiger partial charge on any atom is 0.0440 e. The third-order valence-electron chi connectivity index (χ3n) is 2.77. The van der Waals surface area contributed by atoms with E-state index in [1.165, 1.54) is 11.3 Å². The van der Waals surface area contributed by atoms with E-state index < -0.39 is 0 Å². The quantitative estimate of drug-likeness (QED) is 0.808. The van der Waals surface area contributed by atoms with Crippen LogP contribution in [0.2, 0.25) is 5.02 Å². The molecular weight excluding hydrogens is 226 g/mol. The van der Waals surface area contributed by atoms with Gasteiger partial charge in [-0.25, -0.2) is 0 Å². The molecule has 1 saturated heterocycles. The Morgan fingerprint density at radius 1 is 1.27 bits per heavy atom. The van der Waals surface area contributed by atoms with Crippen LogP contribution in [-0.2, 0) is 0 Å². The number of hydrogen-bond donors (Lipinski definition) is 1. The zero-order chi connectivity index (χ0) is 10.8. The minimum atomic E-state index is 0.455. The number of rotatable bonds is 1. The summed E-state index contributed by atoms with van der Waals surface area (Å²) in [6, 6.07) is 9.22. The van der Waals surface area contributed by atoms with Crippen molar-refractivity contribution < 1.29 is 0 Å². The van der Waals surface area contributed by atoms with Gasteiger partial charge in [0.25, 0.3) is 0 Å². The van der Waals surface area contributed by atoms with Crippen molar-refractivity contribution in [1.82, 2.24) is 5.32 Å². The van der Waals surface area contributed by atoms with Gasteiger partial charge in [0.15, 0.2) is 0 Å².